The standard InChI is InChI=1S/C26H43N/c1-2-3-4-5-7-10-23-12-16-25(17-13-23)20-21-26-18-14-24(15-19-26)11-8-6-9-22-27/h6,8-9,11,23-26H,2-5,7,10,12-21H2,1H3/b9-6+,11-8+. The van der Waals surface area contributed by atoms with Crippen LogP contribution in [-0.2, 0) is 0 Å². The van der Waals surface area contributed by atoms with Crippen LogP contribution in [0.3, 0.4) is 0 Å². The van der Waals surface area contributed by atoms with Crippen molar-refractivity contribution in [3.05, 3.63) is 24.3 Å². The maximum Gasteiger partial charge on any atom is 0.0912 e. The lowest BCUT2D eigenvalue weighted by atomic mass is 9.75. The third-order valence-corrected chi connectivity index (χ3v) is 7.22. The lowest BCUT2D eigenvalue weighted by Crippen LogP contribution is -2.17. The second kappa shape index (κ2) is 14.0. The minimum Gasteiger partial charge on any atom is -0.193 e. The molecule has 1 heteroatoms. The van der Waals surface area contributed by atoms with Gasteiger partial charge in [-0.15, -0.1) is 0 Å². The van der Waals surface area contributed by atoms with Gasteiger partial charge in [-0.05, 0) is 49.4 Å². The fourth-order valence-corrected chi connectivity index (χ4v) is 5.31. The average Bonchev–Trinajstić information content (AvgIpc) is 2.71. The summed E-state index contributed by atoms with van der Waals surface area (Å²) >= 11 is 0. The number of rotatable bonds is 11. The molecule has 0 aromatic heterocycles. The summed E-state index contributed by atoms with van der Waals surface area (Å²) in [5, 5.41) is 8.51. The summed E-state index contributed by atoms with van der Waals surface area (Å²) in [5.41, 5.74) is 0. The number of allylic oxidation sites excluding steroid dienone is 4. The van der Waals surface area contributed by atoms with Crippen LogP contribution in [0.25, 0.3) is 0 Å². The molecule has 2 saturated carbocycles. The number of nitriles is 1. The van der Waals surface area contributed by atoms with E-state index in [9.17, 15) is 0 Å². The fourth-order valence-electron chi connectivity index (χ4n) is 5.31. The van der Waals surface area contributed by atoms with Crippen LogP contribution in [0.5, 0.6) is 0 Å². The van der Waals surface area contributed by atoms with Gasteiger partial charge in [0.25, 0.3) is 0 Å². The maximum atomic E-state index is 8.51. The zero-order valence-electron chi connectivity index (χ0n) is 17.9. The summed E-state index contributed by atoms with van der Waals surface area (Å²) in [7, 11) is 0. The predicted molar refractivity (Wildman–Crippen MR) is 117 cm³/mol. The molecule has 2 aliphatic rings. The Morgan fingerprint density at radius 2 is 1.26 bits per heavy atom. The average molecular weight is 370 g/mol. The maximum absolute atomic E-state index is 8.51. The monoisotopic (exact) mass is 369 g/mol. The minimum absolute atomic E-state index is 0.748. The minimum atomic E-state index is 0.748. The SMILES string of the molecule is CCCCCCCC1CCC(CCC2CCC(/C=C/C=C/C#N)CC2)CC1. The van der Waals surface area contributed by atoms with E-state index in [1.54, 1.807) is 6.08 Å². The molecule has 2 aliphatic carbocycles. The molecule has 1 nitrogen and oxygen atoms in total. The normalized spacial score (nSPS) is 29.3. The van der Waals surface area contributed by atoms with Crippen molar-refractivity contribution in [2.45, 2.75) is 110 Å². The summed E-state index contributed by atoms with van der Waals surface area (Å²) in [6.07, 6.45) is 31.1. The molecule has 0 amide bonds. The van der Waals surface area contributed by atoms with E-state index in [4.69, 9.17) is 5.26 Å². The molecule has 0 N–H and O–H groups in total. The first-order chi connectivity index (χ1) is 13.3. The number of hydrogen-bond acceptors (Lipinski definition) is 1. The quantitative estimate of drug-likeness (QED) is 0.204. The van der Waals surface area contributed by atoms with Gasteiger partial charge in [-0.1, -0.05) is 102 Å². The summed E-state index contributed by atoms with van der Waals surface area (Å²) in [4.78, 5) is 0. The smallest absolute Gasteiger partial charge is 0.0912 e. The van der Waals surface area contributed by atoms with Gasteiger partial charge in [0, 0.05) is 6.08 Å². The summed E-state index contributed by atoms with van der Waals surface area (Å²) in [6, 6.07) is 2.05. The Hall–Kier alpha value is -1.03. The Morgan fingerprint density at radius 3 is 1.85 bits per heavy atom. The number of nitrogens with zero attached hydrogens (tertiary/aromatic N) is 1. The summed E-state index contributed by atoms with van der Waals surface area (Å²) in [5.74, 6) is 3.83. The molecule has 0 heterocycles. The van der Waals surface area contributed by atoms with Crippen LogP contribution in [0.2, 0.25) is 0 Å². The van der Waals surface area contributed by atoms with Gasteiger partial charge in [0.15, 0.2) is 0 Å². The van der Waals surface area contributed by atoms with Gasteiger partial charge < -0.3 is 0 Å². The van der Waals surface area contributed by atoms with E-state index in [0.29, 0.717) is 0 Å². The Balaban J connectivity index is 1.50. The molecule has 0 aromatic carbocycles. The highest BCUT2D eigenvalue weighted by atomic mass is 14.3. The van der Waals surface area contributed by atoms with Crippen molar-refractivity contribution in [2.24, 2.45) is 23.7 Å². The summed E-state index contributed by atoms with van der Waals surface area (Å²) < 4.78 is 0. The Labute approximate surface area is 169 Å². The second-order valence-electron chi connectivity index (χ2n) is 9.32. The van der Waals surface area contributed by atoms with Gasteiger partial charge in [0.1, 0.15) is 0 Å². The van der Waals surface area contributed by atoms with E-state index in [-0.39, 0.29) is 0 Å². The highest BCUT2D eigenvalue weighted by Crippen LogP contribution is 2.38. The Kier molecular flexibility index (Phi) is 11.6. The van der Waals surface area contributed by atoms with Crippen molar-refractivity contribution in [1.82, 2.24) is 0 Å². The topological polar surface area (TPSA) is 23.8 Å². The van der Waals surface area contributed by atoms with Gasteiger partial charge in [-0.3, -0.25) is 0 Å². The molecule has 0 aromatic rings. The van der Waals surface area contributed by atoms with E-state index >= 15 is 0 Å². The van der Waals surface area contributed by atoms with Crippen molar-refractivity contribution < 1.29 is 0 Å². The van der Waals surface area contributed by atoms with Gasteiger partial charge >= 0.3 is 0 Å². The third-order valence-electron chi connectivity index (χ3n) is 7.22. The number of unbranched alkanes of at least 4 members (excludes halogenated alkanes) is 4. The summed E-state index contributed by atoms with van der Waals surface area (Å²) in [6.45, 7) is 2.31. The molecule has 152 valence electrons. The lowest BCUT2D eigenvalue weighted by Gasteiger charge is -2.31. The molecule has 0 radical (unpaired) electrons. The van der Waals surface area contributed by atoms with Gasteiger partial charge in [0.05, 0.1) is 6.07 Å². The Bertz CT molecular complexity index is 453. The zero-order valence-corrected chi connectivity index (χ0v) is 17.9. The van der Waals surface area contributed by atoms with E-state index in [1.165, 1.54) is 103 Å². The van der Waals surface area contributed by atoms with E-state index in [1.807, 2.05) is 12.1 Å². The molecule has 0 aliphatic heterocycles. The molecule has 0 spiro atoms. The first kappa shape index (κ1) is 22.3. The molecule has 0 unspecified atom stereocenters. The zero-order chi connectivity index (χ0) is 19.2. The van der Waals surface area contributed by atoms with Crippen molar-refractivity contribution in [2.75, 3.05) is 0 Å². The molecule has 2 fully saturated rings. The first-order valence-electron chi connectivity index (χ1n) is 12.0. The van der Waals surface area contributed by atoms with Crippen LogP contribution in [0.1, 0.15) is 110 Å². The van der Waals surface area contributed by atoms with Gasteiger partial charge in [-0.2, -0.15) is 5.26 Å². The molecule has 0 atom stereocenters. The van der Waals surface area contributed by atoms with Crippen molar-refractivity contribution in [1.29, 1.82) is 5.26 Å². The van der Waals surface area contributed by atoms with E-state index in [2.05, 4.69) is 19.1 Å². The molecular weight excluding hydrogens is 326 g/mol. The highest BCUT2D eigenvalue weighted by Gasteiger charge is 2.23. The third kappa shape index (κ3) is 9.64. The predicted octanol–water partition coefficient (Wildman–Crippen LogP) is 8.38. The van der Waals surface area contributed by atoms with Crippen LogP contribution in [-0.4, -0.2) is 0 Å². The molecule has 0 bridgehead atoms. The van der Waals surface area contributed by atoms with Crippen LogP contribution in [0, 0.1) is 35.0 Å². The van der Waals surface area contributed by atoms with Crippen LogP contribution in [0.4, 0.5) is 0 Å². The largest absolute Gasteiger partial charge is 0.193 e. The fraction of sp³-hybridized carbons (Fsp3) is 0.808. The molecule has 0 saturated heterocycles. The highest BCUT2D eigenvalue weighted by molar-refractivity contribution is 5.12. The van der Waals surface area contributed by atoms with Crippen LogP contribution < -0.4 is 0 Å². The number of hydrogen-bond donors (Lipinski definition) is 0. The van der Waals surface area contributed by atoms with E-state index < -0.39 is 0 Å². The van der Waals surface area contributed by atoms with E-state index in [0.717, 1.165) is 23.7 Å². The van der Waals surface area contributed by atoms with Crippen molar-refractivity contribution in [3.63, 3.8) is 0 Å². The first-order valence-corrected chi connectivity index (χ1v) is 12.0. The van der Waals surface area contributed by atoms with Crippen LogP contribution in [0.15, 0.2) is 24.3 Å². The van der Waals surface area contributed by atoms with Gasteiger partial charge in [-0.25, -0.2) is 0 Å². The lowest BCUT2D eigenvalue weighted by molar-refractivity contribution is 0.219. The van der Waals surface area contributed by atoms with Crippen molar-refractivity contribution >= 4 is 0 Å². The second-order valence-corrected chi connectivity index (χ2v) is 9.32. The van der Waals surface area contributed by atoms with Gasteiger partial charge in [0.2, 0.25) is 0 Å². The molecule has 27 heavy (non-hydrogen) atoms. The Morgan fingerprint density at radius 1 is 0.704 bits per heavy atom. The molecular formula is C26H43N. The molecule has 2 rings (SSSR count). The van der Waals surface area contributed by atoms with Crippen LogP contribution >= 0.6 is 0 Å². The van der Waals surface area contributed by atoms with Crippen molar-refractivity contribution in [3.8, 4) is 6.07 Å².